The maximum absolute atomic E-state index is 12.6. The second kappa shape index (κ2) is 5.35. The van der Waals surface area contributed by atoms with Crippen LogP contribution in [0.25, 0.3) is 0 Å². The Balaban J connectivity index is 2.19. The monoisotopic (exact) mass is 266 g/mol. The Morgan fingerprint density at radius 2 is 2.21 bits per heavy atom. The molecule has 2 atom stereocenters. The van der Waals surface area contributed by atoms with Crippen LogP contribution < -0.4 is 0 Å². The molecule has 1 aromatic heterocycles. The van der Waals surface area contributed by atoms with Gasteiger partial charge in [-0.05, 0) is 40.4 Å². The van der Waals surface area contributed by atoms with Crippen molar-refractivity contribution < 1.29 is 14.3 Å². The van der Waals surface area contributed by atoms with Gasteiger partial charge in [-0.1, -0.05) is 0 Å². The summed E-state index contributed by atoms with van der Waals surface area (Å²) in [5.41, 5.74) is 0.607. The Bertz CT molecular complexity index is 467. The second-order valence-electron chi connectivity index (χ2n) is 5.59. The van der Waals surface area contributed by atoms with Gasteiger partial charge in [-0.15, -0.1) is 0 Å². The van der Waals surface area contributed by atoms with Gasteiger partial charge >= 0.3 is 0 Å². The first-order valence-electron chi connectivity index (χ1n) is 6.59. The van der Waals surface area contributed by atoms with Gasteiger partial charge in [-0.3, -0.25) is 4.79 Å². The number of aryl methyl sites for hydroxylation is 2. The molecule has 0 aliphatic carbocycles. The van der Waals surface area contributed by atoms with Gasteiger partial charge in [0.05, 0.1) is 11.7 Å². The number of amides is 1. The molecule has 5 heteroatoms. The van der Waals surface area contributed by atoms with Crippen LogP contribution in [0.15, 0.2) is 10.5 Å². The molecule has 2 unspecified atom stereocenters. The Morgan fingerprint density at radius 1 is 1.53 bits per heavy atom. The van der Waals surface area contributed by atoms with Gasteiger partial charge in [0.2, 0.25) is 0 Å². The zero-order chi connectivity index (χ0) is 14.2. The Morgan fingerprint density at radius 3 is 2.74 bits per heavy atom. The predicted molar refractivity (Wildman–Crippen MR) is 72.2 cm³/mol. The average Bonchev–Trinajstić information content (AvgIpc) is 2.80. The van der Waals surface area contributed by atoms with Gasteiger partial charge in [0, 0.05) is 19.1 Å². The van der Waals surface area contributed by atoms with Crippen LogP contribution in [0.1, 0.15) is 28.3 Å². The molecule has 19 heavy (non-hydrogen) atoms. The Hall–Kier alpha value is -1.33. The topological polar surface area (TPSA) is 56.9 Å². The van der Waals surface area contributed by atoms with Gasteiger partial charge in [-0.25, -0.2) is 0 Å². The van der Waals surface area contributed by atoms with Crippen molar-refractivity contribution in [2.24, 2.45) is 0 Å². The van der Waals surface area contributed by atoms with Crippen molar-refractivity contribution in [1.82, 2.24) is 9.80 Å². The Kier molecular flexibility index (Phi) is 3.96. The van der Waals surface area contributed by atoms with Crippen LogP contribution in [0.4, 0.5) is 0 Å². The van der Waals surface area contributed by atoms with Crippen molar-refractivity contribution >= 4 is 5.91 Å². The van der Waals surface area contributed by atoms with Crippen molar-refractivity contribution in [3.05, 3.63) is 23.2 Å². The fourth-order valence-electron chi connectivity index (χ4n) is 2.73. The molecule has 1 saturated heterocycles. The molecule has 1 fully saturated rings. The number of β-amino-alcohol motifs (C(OH)–C–C–N with tert-alkyl or cyclic N) is 1. The number of aliphatic hydroxyl groups is 1. The SMILES string of the molecule is Cc1cc(C(=O)N2CC(O)CC2CN(C)C)c(C)o1. The number of rotatable bonds is 3. The lowest BCUT2D eigenvalue weighted by molar-refractivity contribution is 0.0697. The number of hydrogen-bond donors (Lipinski definition) is 1. The lowest BCUT2D eigenvalue weighted by Crippen LogP contribution is -2.41. The highest BCUT2D eigenvalue weighted by Gasteiger charge is 2.35. The first-order chi connectivity index (χ1) is 8.88. The van der Waals surface area contributed by atoms with Crippen LogP contribution in [0, 0.1) is 13.8 Å². The second-order valence-corrected chi connectivity index (χ2v) is 5.59. The number of aliphatic hydroxyl groups excluding tert-OH is 1. The predicted octanol–water partition coefficient (Wildman–Crippen LogP) is 1.03. The van der Waals surface area contributed by atoms with Gasteiger partial charge in [0.15, 0.2) is 0 Å². The highest BCUT2D eigenvalue weighted by Crippen LogP contribution is 2.23. The van der Waals surface area contributed by atoms with Crippen LogP contribution >= 0.6 is 0 Å². The molecule has 1 aromatic rings. The summed E-state index contributed by atoms with van der Waals surface area (Å²) in [6, 6.07) is 1.84. The molecule has 106 valence electrons. The molecule has 0 radical (unpaired) electrons. The number of hydrogen-bond acceptors (Lipinski definition) is 4. The van der Waals surface area contributed by atoms with E-state index in [2.05, 4.69) is 0 Å². The van der Waals surface area contributed by atoms with Crippen molar-refractivity contribution in [3.63, 3.8) is 0 Å². The molecular formula is C14H22N2O3. The molecule has 1 amide bonds. The third-order valence-electron chi connectivity index (χ3n) is 3.50. The number of carbonyl (C=O) groups is 1. The molecule has 5 nitrogen and oxygen atoms in total. The highest BCUT2D eigenvalue weighted by atomic mass is 16.3. The highest BCUT2D eigenvalue weighted by molar-refractivity contribution is 5.95. The minimum absolute atomic E-state index is 0.0437. The van der Waals surface area contributed by atoms with E-state index in [1.165, 1.54) is 0 Å². The smallest absolute Gasteiger partial charge is 0.257 e. The Labute approximate surface area is 113 Å². The zero-order valence-electron chi connectivity index (χ0n) is 12.0. The van der Waals surface area contributed by atoms with E-state index in [0.717, 1.165) is 12.3 Å². The van der Waals surface area contributed by atoms with Gasteiger partial charge in [0.1, 0.15) is 11.5 Å². The van der Waals surface area contributed by atoms with E-state index < -0.39 is 6.10 Å². The van der Waals surface area contributed by atoms with Crippen LogP contribution in [0.5, 0.6) is 0 Å². The summed E-state index contributed by atoms with van der Waals surface area (Å²) in [4.78, 5) is 16.4. The normalized spacial score (nSPS) is 23.4. The summed E-state index contributed by atoms with van der Waals surface area (Å²) in [6.07, 6.45) is 0.210. The number of nitrogens with zero attached hydrogens (tertiary/aromatic N) is 2. The molecule has 2 rings (SSSR count). The molecular weight excluding hydrogens is 244 g/mol. The van der Waals surface area contributed by atoms with Gasteiger partial charge < -0.3 is 19.3 Å². The van der Waals surface area contributed by atoms with E-state index in [0.29, 0.717) is 24.3 Å². The van der Waals surface area contributed by atoms with E-state index in [1.807, 2.05) is 25.9 Å². The van der Waals surface area contributed by atoms with Gasteiger partial charge in [-0.2, -0.15) is 0 Å². The maximum atomic E-state index is 12.6. The van der Waals surface area contributed by atoms with Crippen molar-refractivity contribution in [1.29, 1.82) is 0 Å². The van der Waals surface area contributed by atoms with Crippen molar-refractivity contribution in [2.45, 2.75) is 32.4 Å². The molecule has 1 N–H and O–H groups in total. The maximum Gasteiger partial charge on any atom is 0.257 e. The average molecular weight is 266 g/mol. The zero-order valence-corrected chi connectivity index (χ0v) is 12.0. The minimum Gasteiger partial charge on any atom is -0.466 e. The third kappa shape index (κ3) is 2.98. The fourth-order valence-corrected chi connectivity index (χ4v) is 2.73. The number of furan rings is 1. The van der Waals surface area contributed by atoms with E-state index in [-0.39, 0.29) is 11.9 Å². The first kappa shape index (κ1) is 14.1. The van der Waals surface area contributed by atoms with E-state index in [1.54, 1.807) is 17.9 Å². The molecule has 0 saturated carbocycles. The van der Waals surface area contributed by atoms with E-state index in [9.17, 15) is 9.90 Å². The fraction of sp³-hybridized carbons (Fsp3) is 0.643. The van der Waals surface area contributed by atoms with Crippen LogP contribution in [0.2, 0.25) is 0 Å². The van der Waals surface area contributed by atoms with Crippen LogP contribution in [-0.4, -0.2) is 60.1 Å². The summed E-state index contributed by atoms with van der Waals surface area (Å²) in [5, 5.41) is 9.82. The molecule has 1 aliphatic heterocycles. The summed E-state index contributed by atoms with van der Waals surface area (Å²) >= 11 is 0. The van der Waals surface area contributed by atoms with E-state index in [4.69, 9.17) is 4.42 Å². The summed E-state index contributed by atoms with van der Waals surface area (Å²) < 4.78 is 5.42. The van der Waals surface area contributed by atoms with Crippen LogP contribution in [0.3, 0.4) is 0 Å². The third-order valence-corrected chi connectivity index (χ3v) is 3.50. The minimum atomic E-state index is -0.429. The van der Waals surface area contributed by atoms with Crippen molar-refractivity contribution in [2.75, 3.05) is 27.2 Å². The number of carbonyl (C=O) groups excluding carboxylic acids is 1. The molecule has 0 bridgehead atoms. The van der Waals surface area contributed by atoms with Crippen LogP contribution in [-0.2, 0) is 0 Å². The summed E-state index contributed by atoms with van der Waals surface area (Å²) in [5.74, 6) is 1.34. The molecule has 0 spiro atoms. The van der Waals surface area contributed by atoms with Gasteiger partial charge in [0.25, 0.3) is 5.91 Å². The lowest BCUT2D eigenvalue weighted by Gasteiger charge is -2.26. The quantitative estimate of drug-likeness (QED) is 0.888. The largest absolute Gasteiger partial charge is 0.466 e. The molecule has 0 aromatic carbocycles. The first-order valence-corrected chi connectivity index (χ1v) is 6.59. The van der Waals surface area contributed by atoms with Crippen molar-refractivity contribution in [3.8, 4) is 0 Å². The number of likely N-dealkylation sites (N-methyl/N-ethyl adjacent to an activating group) is 1. The molecule has 2 heterocycles. The molecule has 1 aliphatic rings. The standard InChI is InChI=1S/C14H22N2O3/c1-9-5-13(10(2)19-9)14(18)16-8-12(17)6-11(16)7-15(3)4/h5,11-12,17H,6-8H2,1-4H3. The summed E-state index contributed by atoms with van der Waals surface area (Å²) in [6.45, 7) is 4.80. The summed E-state index contributed by atoms with van der Waals surface area (Å²) in [7, 11) is 3.95. The lowest BCUT2D eigenvalue weighted by atomic mass is 10.1. The number of likely N-dealkylation sites (tertiary alicyclic amines) is 1. The van der Waals surface area contributed by atoms with E-state index >= 15 is 0 Å².